The molecule has 13 heteroatoms. The van der Waals surface area contributed by atoms with Crippen LogP contribution in [0.5, 0.6) is 5.75 Å². The summed E-state index contributed by atoms with van der Waals surface area (Å²) < 4.78 is 50.0. The van der Waals surface area contributed by atoms with E-state index in [2.05, 4.69) is 32.7 Å². The summed E-state index contributed by atoms with van der Waals surface area (Å²) in [7, 11) is 1.53. The van der Waals surface area contributed by atoms with Crippen molar-refractivity contribution in [2.45, 2.75) is 35.7 Å². The number of nitrogens with one attached hydrogen (secondary N) is 3. The lowest BCUT2D eigenvalue weighted by molar-refractivity contribution is -0.137. The number of aromatic nitrogens is 1. The minimum atomic E-state index is -2.66. The summed E-state index contributed by atoms with van der Waals surface area (Å²) >= 11 is 0.415. The zero-order valence-electron chi connectivity index (χ0n) is 24.8. The van der Waals surface area contributed by atoms with Gasteiger partial charge in [-0.3, -0.25) is 9.59 Å². The minimum Gasteiger partial charge on any atom is -0.495 e. The molecule has 45 heavy (non-hydrogen) atoms. The van der Waals surface area contributed by atoms with Gasteiger partial charge in [0.2, 0.25) is 5.91 Å². The second-order valence-electron chi connectivity index (χ2n) is 11.4. The average molecular weight is 641 g/mol. The third-order valence-electron chi connectivity index (χ3n) is 8.54. The van der Waals surface area contributed by atoms with Crippen molar-refractivity contribution >= 4 is 40.6 Å². The van der Waals surface area contributed by atoms with Crippen LogP contribution in [-0.2, 0) is 4.79 Å². The topological polar surface area (TPSA) is 90.3 Å². The molecule has 2 amide bonds. The fourth-order valence-electron chi connectivity index (χ4n) is 6.24. The van der Waals surface area contributed by atoms with E-state index in [9.17, 15) is 18.4 Å². The van der Waals surface area contributed by atoms with Gasteiger partial charge in [-0.1, -0.05) is 29.7 Å². The molecule has 1 aromatic carbocycles. The molecular weight excluding hydrogens is 605 g/mol. The summed E-state index contributed by atoms with van der Waals surface area (Å²) in [4.78, 5) is 30.4. The molecule has 9 nitrogen and oxygen atoms in total. The smallest absolute Gasteiger partial charge is 0.289 e. The van der Waals surface area contributed by atoms with Gasteiger partial charge in [-0.05, 0) is 49.7 Å². The van der Waals surface area contributed by atoms with E-state index in [0.717, 1.165) is 6.54 Å². The molecule has 1 unspecified atom stereocenters. The highest BCUT2D eigenvalue weighted by molar-refractivity contribution is 7.99. The van der Waals surface area contributed by atoms with Gasteiger partial charge in [-0.15, -0.1) is 0 Å². The molecule has 4 atom stereocenters. The molecular formula is C32H35F3N6O3S. The second-order valence-corrected chi connectivity index (χ2v) is 12.4. The van der Waals surface area contributed by atoms with Gasteiger partial charge >= 0.3 is 0 Å². The first-order valence-corrected chi connectivity index (χ1v) is 15.9. The van der Waals surface area contributed by atoms with Gasteiger partial charge in [-0.2, -0.15) is 8.78 Å². The summed E-state index contributed by atoms with van der Waals surface area (Å²) in [5.74, 6) is 3.93. The third-order valence-corrected chi connectivity index (χ3v) is 9.39. The number of hydrogen-bond acceptors (Lipinski definition) is 7. The minimum absolute atomic E-state index is 0.00916. The Bertz CT molecular complexity index is 1640. The molecule has 8 bridgehead atoms. The molecule has 0 saturated carbocycles. The molecule has 4 aliphatic heterocycles. The van der Waals surface area contributed by atoms with Crippen LogP contribution in [0.25, 0.3) is 5.52 Å². The Morgan fingerprint density at radius 2 is 1.93 bits per heavy atom. The van der Waals surface area contributed by atoms with Crippen LogP contribution in [0, 0.1) is 17.8 Å². The van der Waals surface area contributed by atoms with Crippen molar-refractivity contribution in [3.63, 3.8) is 0 Å². The Morgan fingerprint density at radius 3 is 2.73 bits per heavy atom. The van der Waals surface area contributed by atoms with Crippen LogP contribution in [0.15, 0.2) is 47.5 Å². The first-order valence-electron chi connectivity index (χ1n) is 15.0. The summed E-state index contributed by atoms with van der Waals surface area (Å²) in [6, 6.07) is 9.75. The van der Waals surface area contributed by atoms with Gasteiger partial charge < -0.3 is 34.9 Å². The number of pyridine rings is 1. The van der Waals surface area contributed by atoms with Crippen molar-refractivity contribution in [3.8, 4) is 17.6 Å². The fourth-order valence-corrected chi connectivity index (χ4v) is 6.94. The van der Waals surface area contributed by atoms with E-state index in [1.807, 2.05) is 0 Å². The number of anilines is 2. The summed E-state index contributed by atoms with van der Waals surface area (Å²) in [5, 5.41) is 9.39. The van der Waals surface area contributed by atoms with E-state index in [1.54, 1.807) is 51.9 Å². The van der Waals surface area contributed by atoms with Crippen molar-refractivity contribution < 1.29 is 27.5 Å². The van der Waals surface area contributed by atoms with E-state index >= 15 is 4.39 Å². The molecule has 0 spiro atoms. The summed E-state index contributed by atoms with van der Waals surface area (Å²) in [6.45, 7) is 2.88. The fraction of sp³-hybridized carbons (Fsp3) is 0.438. The zero-order chi connectivity index (χ0) is 31.5. The van der Waals surface area contributed by atoms with Crippen LogP contribution in [-0.4, -0.2) is 96.9 Å². The SMILES string of the molecule is COc1ccc2cc1NCC#Cc1cn3c(cccc3c1SC(F)F)N[C@@H]1CCN(C[C@@H]1F)C(=O)[C@@H]1CCN(CCNC2=O)C1. The standard InChI is InChI=1S/C32H35F3N6O3S/c1-44-27-8-7-20-16-25(27)36-11-3-4-21-18-41-26(29(21)45-32(34)35)5-2-6-28(41)38-24-10-14-40(19-23(24)33)31(43)22-9-13-39(17-22)15-12-37-30(20)42/h2,5-8,16,18,22-24,32,36,38H,9-15,17,19H2,1H3,(H,37,42)/t22-,23+,24-/m1/s1. The Hall–Kier alpha value is -4.02. The van der Waals surface area contributed by atoms with Gasteiger partial charge in [0.05, 0.1) is 53.8 Å². The number of hydrogen-bond donors (Lipinski definition) is 3. The average Bonchev–Trinajstić information content (AvgIpc) is 3.64. The van der Waals surface area contributed by atoms with Gasteiger partial charge in [-0.25, -0.2) is 4.39 Å². The molecule has 2 aromatic heterocycles. The number of thioether (sulfide) groups is 1. The number of halogens is 3. The number of nitrogens with zero attached hydrogens (tertiary/aromatic N) is 3. The van der Waals surface area contributed by atoms with Crippen LogP contribution < -0.4 is 20.7 Å². The van der Waals surface area contributed by atoms with Gasteiger partial charge in [0, 0.05) is 37.9 Å². The van der Waals surface area contributed by atoms with Crippen LogP contribution >= 0.6 is 11.8 Å². The first-order chi connectivity index (χ1) is 21.8. The van der Waals surface area contributed by atoms with Gasteiger partial charge in [0.1, 0.15) is 17.7 Å². The molecule has 0 radical (unpaired) electrons. The Morgan fingerprint density at radius 1 is 1.07 bits per heavy atom. The van der Waals surface area contributed by atoms with E-state index in [0.29, 0.717) is 89.6 Å². The van der Waals surface area contributed by atoms with Crippen molar-refractivity contribution in [1.29, 1.82) is 0 Å². The molecule has 6 heterocycles. The van der Waals surface area contributed by atoms with E-state index in [-0.39, 0.29) is 30.8 Å². The van der Waals surface area contributed by atoms with Crippen LogP contribution in [0.4, 0.5) is 24.7 Å². The number of fused-ring (bicyclic) bond motifs is 7. The molecule has 4 aliphatic rings. The van der Waals surface area contributed by atoms with Gasteiger partial charge in [0.15, 0.2) is 0 Å². The summed E-state index contributed by atoms with van der Waals surface area (Å²) in [5.41, 5.74) is 1.95. The molecule has 3 aromatic rings. The molecule has 7 rings (SSSR count). The summed E-state index contributed by atoms with van der Waals surface area (Å²) in [6.07, 6.45) is 1.47. The molecule has 3 N–H and O–H groups in total. The van der Waals surface area contributed by atoms with Crippen LogP contribution in [0.1, 0.15) is 28.8 Å². The van der Waals surface area contributed by atoms with Crippen molar-refractivity contribution in [1.82, 2.24) is 19.5 Å². The number of amides is 2. The number of carbonyl (C=O) groups is 2. The van der Waals surface area contributed by atoms with E-state index < -0.39 is 18.0 Å². The van der Waals surface area contributed by atoms with Crippen molar-refractivity contribution in [2.75, 3.05) is 63.6 Å². The van der Waals surface area contributed by atoms with E-state index in [1.165, 1.54) is 7.11 Å². The Balaban J connectivity index is 1.32. The number of ether oxygens (including phenoxy) is 1. The highest BCUT2D eigenvalue weighted by atomic mass is 32.2. The maximum Gasteiger partial charge on any atom is 0.289 e. The monoisotopic (exact) mass is 640 g/mol. The lowest BCUT2D eigenvalue weighted by Gasteiger charge is -2.36. The lowest BCUT2D eigenvalue weighted by Crippen LogP contribution is -2.51. The number of rotatable bonds is 3. The zero-order valence-corrected chi connectivity index (χ0v) is 25.6. The van der Waals surface area contributed by atoms with Crippen molar-refractivity contribution in [3.05, 3.63) is 53.7 Å². The highest BCUT2D eigenvalue weighted by Crippen LogP contribution is 2.35. The molecule has 0 aliphatic carbocycles. The predicted octanol–water partition coefficient (Wildman–Crippen LogP) is 4.14. The number of piperidine rings is 1. The number of alkyl halides is 3. The normalized spacial score (nSPS) is 24.1. The molecule has 2 fully saturated rings. The number of carbonyl (C=O) groups excluding carboxylic acids is 2. The Kier molecular flexibility index (Phi) is 9.32. The Labute approximate surface area is 263 Å². The van der Waals surface area contributed by atoms with E-state index in [4.69, 9.17) is 4.74 Å². The number of benzene rings is 1. The number of methoxy groups -OCH3 is 1. The van der Waals surface area contributed by atoms with Crippen LogP contribution in [0.3, 0.4) is 0 Å². The predicted molar refractivity (Wildman–Crippen MR) is 168 cm³/mol. The highest BCUT2D eigenvalue weighted by Gasteiger charge is 2.37. The van der Waals surface area contributed by atoms with Crippen LogP contribution in [0.2, 0.25) is 0 Å². The lowest BCUT2D eigenvalue weighted by atomic mass is 10.00. The maximum atomic E-state index is 15.5. The molecule has 2 saturated heterocycles. The quantitative estimate of drug-likeness (QED) is 0.293. The first kappa shape index (κ1) is 31.0. The largest absolute Gasteiger partial charge is 0.495 e. The second kappa shape index (κ2) is 13.5. The molecule has 238 valence electrons. The van der Waals surface area contributed by atoms with Crippen molar-refractivity contribution in [2.24, 2.45) is 5.92 Å². The maximum absolute atomic E-state index is 15.5. The third kappa shape index (κ3) is 6.82. The van der Waals surface area contributed by atoms with Gasteiger partial charge in [0.25, 0.3) is 11.7 Å².